The molecule has 0 bridgehead atoms. The Bertz CT molecular complexity index is 575. The second-order valence-corrected chi connectivity index (χ2v) is 4.66. The van der Waals surface area contributed by atoms with Gasteiger partial charge in [-0.2, -0.15) is 0 Å². The fourth-order valence-corrected chi connectivity index (χ4v) is 1.86. The molecule has 2 N–H and O–H groups in total. The summed E-state index contributed by atoms with van der Waals surface area (Å²) in [5.41, 5.74) is 1.57. The van der Waals surface area contributed by atoms with Crippen LogP contribution in [0.2, 0.25) is 0 Å². The van der Waals surface area contributed by atoms with Crippen LogP contribution in [0.5, 0.6) is 0 Å². The molecule has 1 amide bonds. The van der Waals surface area contributed by atoms with E-state index in [1.54, 1.807) is 30.6 Å². The smallest absolute Gasteiger partial charge is 0.221 e. The summed E-state index contributed by atoms with van der Waals surface area (Å²) in [5.74, 6) is -0.272. The van der Waals surface area contributed by atoms with Crippen LogP contribution in [0.3, 0.4) is 0 Å². The molecule has 21 heavy (non-hydrogen) atoms. The Morgan fingerprint density at radius 1 is 1.14 bits per heavy atom. The van der Waals surface area contributed by atoms with E-state index < -0.39 is 0 Å². The van der Waals surface area contributed by atoms with Gasteiger partial charge in [0.2, 0.25) is 5.91 Å². The van der Waals surface area contributed by atoms with Crippen molar-refractivity contribution in [3.8, 4) is 0 Å². The van der Waals surface area contributed by atoms with Crippen molar-refractivity contribution in [2.24, 2.45) is 0 Å². The lowest BCUT2D eigenvalue weighted by molar-refractivity contribution is -0.121. The molecule has 0 radical (unpaired) electrons. The zero-order chi connectivity index (χ0) is 14.9. The SMILES string of the molecule is O=C(CCNCc1ccccc1F)NCc1cccnc1. The number of nitrogens with zero attached hydrogens (tertiary/aromatic N) is 1. The van der Waals surface area contributed by atoms with Crippen LogP contribution in [0.4, 0.5) is 4.39 Å². The van der Waals surface area contributed by atoms with Crippen LogP contribution in [-0.4, -0.2) is 17.4 Å². The van der Waals surface area contributed by atoms with Gasteiger partial charge in [0, 0.05) is 44.0 Å². The highest BCUT2D eigenvalue weighted by molar-refractivity contribution is 5.76. The van der Waals surface area contributed by atoms with Gasteiger partial charge in [0.15, 0.2) is 0 Å². The van der Waals surface area contributed by atoms with E-state index in [9.17, 15) is 9.18 Å². The van der Waals surface area contributed by atoms with Crippen LogP contribution in [0, 0.1) is 5.82 Å². The van der Waals surface area contributed by atoms with E-state index in [4.69, 9.17) is 0 Å². The fraction of sp³-hybridized carbons (Fsp3) is 0.250. The number of pyridine rings is 1. The number of hydrogen-bond donors (Lipinski definition) is 2. The van der Waals surface area contributed by atoms with Gasteiger partial charge < -0.3 is 10.6 Å². The maximum absolute atomic E-state index is 13.4. The number of carbonyl (C=O) groups is 1. The minimum atomic E-state index is -0.231. The van der Waals surface area contributed by atoms with Crippen LogP contribution >= 0.6 is 0 Å². The highest BCUT2D eigenvalue weighted by atomic mass is 19.1. The molecule has 1 heterocycles. The summed E-state index contributed by atoms with van der Waals surface area (Å²) < 4.78 is 13.4. The number of benzene rings is 1. The Morgan fingerprint density at radius 2 is 2.00 bits per heavy atom. The molecule has 0 atom stereocenters. The second kappa shape index (κ2) is 8.11. The number of halogens is 1. The Balaban J connectivity index is 1.62. The van der Waals surface area contributed by atoms with Gasteiger partial charge in [-0.1, -0.05) is 24.3 Å². The summed E-state index contributed by atoms with van der Waals surface area (Å²) >= 11 is 0. The predicted molar refractivity (Wildman–Crippen MR) is 78.8 cm³/mol. The number of rotatable bonds is 7. The molecule has 5 heteroatoms. The molecule has 0 unspecified atom stereocenters. The monoisotopic (exact) mass is 287 g/mol. The third-order valence-electron chi connectivity index (χ3n) is 3.01. The Morgan fingerprint density at radius 3 is 2.76 bits per heavy atom. The molecular weight excluding hydrogens is 269 g/mol. The van der Waals surface area contributed by atoms with Crippen molar-refractivity contribution in [3.63, 3.8) is 0 Å². The first-order valence-corrected chi connectivity index (χ1v) is 6.85. The molecule has 110 valence electrons. The number of amides is 1. The van der Waals surface area contributed by atoms with Gasteiger partial charge in [-0.15, -0.1) is 0 Å². The lowest BCUT2D eigenvalue weighted by atomic mass is 10.2. The summed E-state index contributed by atoms with van der Waals surface area (Å²) in [6.45, 7) is 1.40. The zero-order valence-electron chi connectivity index (χ0n) is 11.7. The third-order valence-corrected chi connectivity index (χ3v) is 3.01. The highest BCUT2D eigenvalue weighted by Gasteiger charge is 2.03. The van der Waals surface area contributed by atoms with E-state index in [0.29, 0.717) is 31.6 Å². The number of aromatic nitrogens is 1. The van der Waals surface area contributed by atoms with E-state index in [2.05, 4.69) is 15.6 Å². The molecule has 0 saturated carbocycles. The molecule has 1 aromatic carbocycles. The van der Waals surface area contributed by atoms with Gasteiger partial charge in [-0.3, -0.25) is 9.78 Å². The molecule has 1 aromatic heterocycles. The summed E-state index contributed by atoms with van der Waals surface area (Å²) in [7, 11) is 0. The maximum atomic E-state index is 13.4. The Labute approximate surface area is 123 Å². The van der Waals surface area contributed by atoms with Gasteiger partial charge >= 0.3 is 0 Å². The molecule has 0 spiro atoms. The van der Waals surface area contributed by atoms with Crippen LogP contribution < -0.4 is 10.6 Å². The lowest BCUT2D eigenvalue weighted by Crippen LogP contribution is -2.27. The van der Waals surface area contributed by atoms with Gasteiger partial charge in [0.1, 0.15) is 5.82 Å². The van der Waals surface area contributed by atoms with Crippen molar-refractivity contribution in [2.75, 3.05) is 6.54 Å². The molecule has 0 fully saturated rings. The van der Waals surface area contributed by atoms with Crippen molar-refractivity contribution in [3.05, 3.63) is 65.7 Å². The summed E-state index contributed by atoms with van der Waals surface area (Å²) in [6.07, 6.45) is 3.77. The van der Waals surface area contributed by atoms with E-state index in [0.717, 1.165) is 5.56 Å². The third kappa shape index (κ3) is 5.31. The minimum absolute atomic E-state index is 0.0418. The standard InChI is InChI=1S/C16H18FN3O/c17-15-6-2-1-5-14(15)12-19-9-7-16(21)20-11-13-4-3-8-18-10-13/h1-6,8,10,19H,7,9,11-12H2,(H,20,21). The topological polar surface area (TPSA) is 54.0 Å². The van der Waals surface area contributed by atoms with E-state index in [1.165, 1.54) is 6.07 Å². The van der Waals surface area contributed by atoms with E-state index in [-0.39, 0.29) is 11.7 Å². The van der Waals surface area contributed by atoms with Gasteiger partial charge in [0.05, 0.1) is 0 Å². The van der Waals surface area contributed by atoms with E-state index in [1.807, 2.05) is 12.1 Å². The van der Waals surface area contributed by atoms with Crippen molar-refractivity contribution in [1.82, 2.24) is 15.6 Å². The molecule has 0 saturated heterocycles. The van der Waals surface area contributed by atoms with Crippen molar-refractivity contribution < 1.29 is 9.18 Å². The predicted octanol–water partition coefficient (Wildman–Crippen LogP) is 2.02. The molecule has 2 rings (SSSR count). The first-order valence-electron chi connectivity index (χ1n) is 6.85. The van der Waals surface area contributed by atoms with Crippen LogP contribution in [-0.2, 0) is 17.9 Å². The average Bonchev–Trinajstić information content (AvgIpc) is 2.52. The molecular formula is C16H18FN3O. The molecule has 0 aliphatic carbocycles. The van der Waals surface area contributed by atoms with Crippen LogP contribution in [0.15, 0.2) is 48.8 Å². The first-order chi connectivity index (χ1) is 10.3. The Kier molecular flexibility index (Phi) is 5.84. The van der Waals surface area contributed by atoms with Crippen molar-refractivity contribution in [2.45, 2.75) is 19.5 Å². The quantitative estimate of drug-likeness (QED) is 0.766. The molecule has 0 aliphatic rings. The minimum Gasteiger partial charge on any atom is -0.352 e. The van der Waals surface area contributed by atoms with E-state index >= 15 is 0 Å². The zero-order valence-corrected chi connectivity index (χ0v) is 11.7. The fourth-order valence-electron chi connectivity index (χ4n) is 1.86. The first kappa shape index (κ1) is 15.1. The van der Waals surface area contributed by atoms with Crippen LogP contribution in [0.1, 0.15) is 17.5 Å². The number of carbonyl (C=O) groups excluding carboxylic acids is 1. The lowest BCUT2D eigenvalue weighted by Gasteiger charge is -2.07. The normalized spacial score (nSPS) is 10.3. The largest absolute Gasteiger partial charge is 0.352 e. The summed E-state index contributed by atoms with van der Waals surface area (Å²) in [6, 6.07) is 10.3. The average molecular weight is 287 g/mol. The second-order valence-electron chi connectivity index (χ2n) is 4.66. The van der Waals surface area contributed by atoms with Crippen molar-refractivity contribution in [1.29, 1.82) is 0 Å². The van der Waals surface area contributed by atoms with Gasteiger partial charge in [0.25, 0.3) is 0 Å². The highest BCUT2D eigenvalue weighted by Crippen LogP contribution is 2.05. The Hall–Kier alpha value is -2.27. The molecule has 0 aliphatic heterocycles. The van der Waals surface area contributed by atoms with Crippen LogP contribution in [0.25, 0.3) is 0 Å². The number of nitrogens with one attached hydrogen (secondary N) is 2. The summed E-state index contributed by atoms with van der Waals surface area (Å²) in [5, 5.41) is 5.87. The molecule has 4 nitrogen and oxygen atoms in total. The van der Waals surface area contributed by atoms with Gasteiger partial charge in [-0.25, -0.2) is 4.39 Å². The summed E-state index contributed by atoms with van der Waals surface area (Å²) in [4.78, 5) is 15.6. The molecule has 2 aromatic rings. The maximum Gasteiger partial charge on any atom is 0.221 e. The van der Waals surface area contributed by atoms with Gasteiger partial charge in [-0.05, 0) is 17.7 Å². The number of hydrogen-bond acceptors (Lipinski definition) is 3. The van der Waals surface area contributed by atoms with Crippen molar-refractivity contribution >= 4 is 5.91 Å².